The maximum Gasteiger partial charge on any atom is 0.270 e. The first-order valence-electron chi connectivity index (χ1n) is 5.89. The monoisotopic (exact) mass is 327 g/mol. The van der Waals surface area contributed by atoms with Gasteiger partial charge in [0.15, 0.2) is 0 Å². The van der Waals surface area contributed by atoms with Gasteiger partial charge in [0.25, 0.3) is 5.69 Å². The Hall–Kier alpha value is -1.97. The minimum Gasteiger partial charge on any atom is -0.398 e. The van der Waals surface area contributed by atoms with Gasteiger partial charge in [-0.3, -0.25) is 10.1 Å². The molecule has 0 spiro atoms. The van der Waals surface area contributed by atoms with Crippen molar-refractivity contribution in [2.24, 2.45) is 0 Å². The van der Waals surface area contributed by atoms with Crippen LogP contribution in [0.25, 0.3) is 0 Å². The van der Waals surface area contributed by atoms with E-state index in [1.165, 1.54) is 17.4 Å². The zero-order chi connectivity index (χ0) is 15.6. The van der Waals surface area contributed by atoms with Gasteiger partial charge in [0.1, 0.15) is 4.90 Å². The number of non-ortho nitro benzene ring substituents is 1. The predicted molar refractivity (Wildman–Crippen MR) is 80.6 cm³/mol. The number of nitro benzene ring substituents is 1. The molecule has 1 atom stereocenters. The Morgan fingerprint density at radius 2 is 2.10 bits per heavy atom. The fraction of sp³-hybridized carbons (Fsp3) is 0.167. The normalized spacial score (nSPS) is 13.0. The lowest BCUT2D eigenvalue weighted by Gasteiger charge is -2.14. The number of sulfonamides is 1. The number of anilines is 1. The molecule has 0 radical (unpaired) electrons. The van der Waals surface area contributed by atoms with Crippen LogP contribution in [0.5, 0.6) is 0 Å². The third kappa shape index (κ3) is 3.38. The minimum atomic E-state index is -3.95. The number of nitrogens with zero attached hydrogens (tertiary/aromatic N) is 1. The highest BCUT2D eigenvalue weighted by Crippen LogP contribution is 2.26. The summed E-state index contributed by atoms with van der Waals surface area (Å²) in [6, 6.07) is 4.67. The number of hydrogen-bond acceptors (Lipinski definition) is 6. The second-order valence-corrected chi connectivity index (χ2v) is 6.84. The number of hydrogen-bond donors (Lipinski definition) is 2. The van der Waals surface area contributed by atoms with Gasteiger partial charge in [0.05, 0.1) is 10.6 Å². The fourth-order valence-electron chi connectivity index (χ4n) is 1.75. The van der Waals surface area contributed by atoms with Crippen molar-refractivity contribution >= 4 is 32.7 Å². The molecule has 3 N–H and O–H groups in total. The summed E-state index contributed by atoms with van der Waals surface area (Å²) in [4.78, 5) is 9.79. The zero-order valence-corrected chi connectivity index (χ0v) is 12.6. The van der Waals surface area contributed by atoms with Gasteiger partial charge in [-0.2, -0.15) is 11.3 Å². The smallest absolute Gasteiger partial charge is 0.270 e. The van der Waals surface area contributed by atoms with Crippen LogP contribution in [0.2, 0.25) is 0 Å². The van der Waals surface area contributed by atoms with Crippen LogP contribution in [0.1, 0.15) is 18.5 Å². The van der Waals surface area contributed by atoms with E-state index < -0.39 is 21.0 Å². The van der Waals surface area contributed by atoms with E-state index in [2.05, 4.69) is 4.72 Å². The molecular weight excluding hydrogens is 314 g/mol. The topological polar surface area (TPSA) is 115 Å². The maximum atomic E-state index is 12.3. The highest BCUT2D eigenvalue weighted by Gasteiger charge is 2.23. The number of benzene rings is 1. The summed E-state index contributed by atoms with van der Waals surface area (Å²) >= 11 is 1.45. The number of nitrogens with two attached hydrogens (primary N) is 1. The SMILES string of the molecule is CC(NS(=O)(=O)c1cc([N+](=O)[O-])ccc1N)c1ccsc1. The standard InChI is InChI=1S/C12H13N3O4S2/c1-8(9-4-5-20-7-9)14-21(18,19)12-6-10(15(16)17)2-3-11(12)13/h2-8,14H,13H2,1H3. The Morgan fingerprint density at radius 3 is 2.67 bits per heavy atom. The number of rotatable bonds is 5. The molecule has 1 heterocycles. The van der Waals surface area contributed by atoms with Gasteiger partial charge in [-0.05, 0) is 35.4 Å². The first kappa shape index (κ1) is 15.4. The highest BCUT2D eigenvalue weighted by atomic mass is 32.2. The largest absolute Gasteiger partial charge is 0.398 e. The van der Waals surface area contributed by atoms with Crippen molar-refractivity contribution in [3.05, 3.63) is 50.7 Å². The predicted octanol–water partition coefficient (Wildman–Crippen LogP) is 2.28. The number of thiophene rings is 1. The lowest BCUT2D eigenvalue weighted by molar-refractivity contribution is -0.385. The Kier molecular flexibility index (Phi) is 4.26. The second-order valence-electron chi connectivity index (χ2n) is 4.38. The molecule has 9 heteroatoms. The van der Waals surface area contributed by atoms with Crippen LogP contribution in [-0.2, 0) is 10.0 Å². The van der Waals surface area contributed by atoms with E-state index in [1.54, 1.807) is 13.0 Å². The van der Waals surface area contributed by atoms with Gasteiger partial charge in [-0.1, -0.05) is 0 Å². The number of nitro groups is 1. The summed E-state index contributed by atoms with van der Waals surface area (Å²) in [5.74, 6) is 0. The van der Waals surface area contributed by atoms with Gasteiger partial charge in [-0.25, -0.2) is 13.1 Å². The van der Waals surface area contributed by atoms with Crippen molar-refractivity contribution in [3.63, 3.8) is 0 Å². The van der Waals surface area contributed by atoms with Crippen LogP contribution in [-0.4, -0.2) is 13.3 Å². The third-order valence-corrected chi connectivity index (χ3v) is 5.17. The molecule has 0 aliphatic rings. The molecule has 1 aromatic heterocycles. The van der Waals surface area contributed by atoms with Crippen molar-refractivity contribution in [2.45, 2.75) is 17.9 Å². The van der Waals surface area contributed by atoms with Crippen LogP contribution in [0.4, 0.5) is 11.4 Å². The molecule has 0 bridgehead atoms. The Balaban J connectivity index is 2.35. The molecule has 0 aliphatic carbocycles. The van der Waals surface area contributed by atoms with E-state index >= 15 is 0 Å². The van der Waals surface area contributed by atoms with E-state index in [4.69, 9.17) is 5.73 Å². The number of nitrogens with one attached hydrogen (secondary N) is 1. The van der Waals surface area contributed by atoms with Gasteiger partial charge in [0, 0.05) is 18.2 Å². The molecule has 0 fully saturated rings. The average molecular weight is 327 g/mol. The molecular formula is C12H13N3O4S2. The molecule has 0 saturated heterocycles. The van der Waals surface area contributed by atoms with Crippen molar-refractivity contribution in [1.29, 1.82) is 0 Å². The minimum absolute atomic E-state index is 0.0365. The average Bonchev–Trinajstić information content (AvgIpc) is 2.92. The van der Waals surface area contributed by atoms with Gasteiger partial charge in [0.2, 0.25) is 10.0 Å². The van der Waals surface area contributed by atoms with Crippen molar-refractivity contribution in [1.82, 2.24) is 4.72 Å². The van der Waals surface area contributed by atoms with E-state index in [-0.39, 0.29) is 16.3 Å². The Bertz CT molecular complexity index is 757. The summed E-state index contributed by atoms with van der Waals surface area (Å²) in [7, 11) is -3.95. The zero-order valence-electron chi connectivity index (χ0n) is 11.0. The Morgan fingerprint density at radius 1 is 1.38 bits per heavy atom. The van der Waals surface area contributed by atoms with E-state index in [0.717, 1.165) is 17.7 Å². The molecule has 2 rings (SSSR count). The first-order chi connectivity index (χ1) is 9.81. The lowest BCUT2D eigenvalue weighted by Crippen LogP contribution is -2.27. The summed E-state index contributed by atoms with van der Waals surface area (Å²) in [6.07, 6.45) is 0. The molecule has 1 unspecified atom stereocenters. The van der Waals surface area contributed by atoms with Crippen LogP contribution < -0.4 is 10.5 Å². The maximum absolute atomic E-state index is 12.3. The van der Waals surface area contributed by atoms with Gasteiger partial charge in [-0.15, -0.1) is 0 Å². The number of nitrogen functional groups attached to an aromatic ring is 1. The summed E-state index contributed by atoms with van der Waals surface area (Å²) < 4.78 is 27.1. The molecule has 0 saturated carbocycles. The van der Waals surface area contributed by atoms with Gasteiger partial charge < -0.3 is 5.73 Å². The molecule has 0 aliphatic heterocycles. The van der Waals surface area contributed by atoms with E-state index in [0.29, 0.717) is 0 Å². The highest BCUT2D eigenvalue weighted by molar-refractivity contribution is 7.89. The molecule has 0 amide bonds. The fourth-order valence-corrected chi connectivity index (χ4v) is 3.89. The molecule has 21 heavy (non-hydrogen) atoms. The van der Waals surface area contributed by atoms with Gasteiger partial charge >= 0.3 is 0 Å². The third-order valence-electron chi connectivity index (χ3n) is 2.87. The lowest BCUT2D eigenvalue weighted by atomic mass is 10.2. The Labute approximate surface area is 125 Å². The second kappa shape index (κ2) is 5.80. The molecule has 7 nitrogen and oxygen atoms in total. The molecule has 2 aromatic rings. The van der Waals surface area contributed by atoms with Crippen LogP contribution in [0.3, 0.4) is 0 Å². The molecule has 112 valence electrons. The summed E-state index contributed by atoms with van der Waals surface area (Å²) in [5.41, 5.74) is 6.08. The quantitative estimate of drug-likeness (QED) is 0.496. The van der Waals surface area contributed by atoms with Crippen molar-refractivity contribution in [2.75, 3.05) is 5.73 Å². The van der Waals surface area contributed by atoms with Crippen molar-refractivity contribution in [3.8, 4) is 0 Å². The van der Waals surface area contributed by atoms with Crippen molar-refractivity contribution < 1.29 is 13.3 Å². The van der Waals surface area contributed by atoms with E-state index in [1.807, 2.05) is 10.8 Å². The molecule has 1 aromatic carbocycles. The van der Waals surface area contributed by atoms with Crippen LogP contribution in [0.15, 0.2) is 39.9 Å². The summed E-state index contributed by atoms with van der Waals surface area (Å²) in [6.45, 7) is 1.69. The van der Waals surface area contributed by atoms with Crippen LogP contribution in [0, 0.1) is 10.1 Å². The summed E-state index contributed by atoms with van der Waals surface area (Å²) in [5, 5.41) is 14.4. The first-order valence-corrected chi connectivity index (χ1v) is 8.32. The van der Waals surface area contributed by atoms with Crippen LogP contribution >= 0.6 is 11.3 Å². The van der Waals surface area contributed by atoms with E-state index in [9.17, 15) is 18.5 Å².